The average molecular weight is 570 g/mol. The fraction of sp³-hybridized carbons (Fsp3) is 0.194. The Balaban J connectivity index is 0.00000111. The number of aryl methyl sites for hydroxylation is 6. The van der Waals surface area contributed by atoms with Crippen molar-refractivity contribution >= 4 is 47.8 Å². The summed E-state index contributed by atoms with van der Waals surface area (Å²) in [6.07, 6.45) is 0. The zero-order chi connectivity index (χ0) is 24.6. The summed E-state index contributed by atoms with van der Waals surface area (Å²) in [4.78, 5) is 10.6. The van der Waals surface area contributed by atoms with E-state index in [9.17, 15) is 0 Å². The average Bonchev–Trinajstić information content (AvgIpc) is 3.09. The first-order valence-electron chi connectivity index (χ1n) is 11.3. The molecule has 1 aliphatic carbocycles. The minimum atomic E-state index is 0. The molecule has 5 rings (SSSR count). The van der Waals surface area contributed by atoms with E-state index in [0.717, 1.165) is 22.8 Å². The molecule has 0 amide bonds. The van der Waals surface area contributed by atoms with E-state index < -0.39 is 0 Å². The topological polar surface area (TPSA) is 24.7 Å². The zero-order valence-electron chi connectivity index (χ0n) is 21.4. The Morgan fingerprint density at radius 2 is 0.914 bits per heavy atom. The van der Waals surface area contributed by atoms with Gasteiger partial charge in [-0.05, 0) is 69.2 Å². The molecule has 0 N–H and O–H groups in total. The van der Waals surface area contributed by atoms with Gasteiger partial charge in [0.25, 0.3) is 0 Å². The number of benzene rings is 4. The third-order valence-electron chi connectivity index (χ3n) is 6.36. The van der Waals surface area contributed by atoms with Crippen LogP contribution in [0.2, 0.25) is 0 Å². The Hall–Kier alpha value is -2.55. The predicted molar refractivity (Wildman–Crippen MR) is 153 cm³/mol. The molecule has 0 bridgehead atoms. The molecule has 0 radical (unpaired) electrons. The normalized spacial score (nSPS) is 14.2. The Morgan fingerprint density at radius 3 is 1.26 bits per heavy atom. The van der Waals surface area contributed by atoms with Crippen molar-refractivity contribution in [3.05, 3.63) is 113 Å². The summed E-state index contributed by atoms with van der Waals surface area (Å²) < 4.78 is 0. The monoisotopic (exact) mass is 568 g/mol. The first kappa shape index (κ1) is 27.0. The third-order valence-corrected chi connectivity index (χ3v) is 6.36. The summed E-state index contributed by atoms with van der Waals surface area (Å²) in [5.41, 5.74) is 13.7. The third kappa shape index (κ3) is 5.06. The summed E-state index contributed by atoms with van der Waals surface area (Å²) in [5.74, 6) is 0. The van der Waals surface area contributed by atoms with Crippen molar-refractivity contribution in [1.82, 2.24) is 0 Å². The molecule has 183 valence electrons. The molecule has 0 atom stereocenters. The molecular formula is C31H31BrN2Ni-. The first-order valence-corrected chi connectivity index (χ1v) is 13.8. The van der Waals surface area contributed by atoms with E-state index >= 15 is 0 Å². The van der Waals surface area contributed by atoms with Crippen LogP contribution in [0.25, 0.3) is 10.8 Å². The Bertz CT molecular complexity index is 1330. The van der Waals surface area contributed by atoms with E-state index in [1.807, 2.05) is 0 Å². The van der Waals surface area contributed by atoms with Crippen molar-refractivity contribution in [2.45, 2.75) is 41.5 Å². The Morgan fingerprint density at radius 1 is 0.571 bits per heavy atom. The van der Waals surface area contributed by atoms with E-state index in [4.69, 9.17) is 9.98 Å². The molecule has 1 aliphatic rings. The van der Waals surface area contributed by atoms with E-state index in [2.05, 4.69) is 130 Å². The minimum absolute atomic E-state index is 0. The molecule has 4 aromatic rings. The van der Waals surface area contributed by atoms with Crippen LogP contribution in [0.5, 0.6) is 0 Å². The molecule has 0 aliphatic heterocycles. The van der Waals surface area contributed by atoms with Gasteiger partial charge in [-0.3, -0.25) is 0 Å². The van der Waals surface area contributed by atoms with Crippen LogP contribution >= 0.6 is 14.2 Å². The van der Waals surface area contributed by atoms with Gasteiger partial charge in [-0.15, -0.1) is 0 Å². The standard InChI is InChI=1S/C30H28N2.CH3.BrH.Ni/c1-17-13-19(3)27(20(4)14-17)31-29-24-11-7-9-23-10-8-12-25(26(23)24)30(29)32-28-21(5)15-18(2)16-22(28)6;;;/h7-16H,1-6H3;1H3;1H;/q;-1;;+1/p-1. The quantitative estimate of drug-likeness (QED) is 0.170. The van der Waals surface area contributed by atoms with Gasteiger partial charge < -0.3 is 7.43 Å². The molecule has 2 nitrogen and oxygen atoms in total. The molecule has 0 saturated carbocycles. The fourth-order valence-electron chi connectivity index (χ4n) is 5.14. The summed E-state index contributed by atoms with van der Waals surface area (Å²) in [5, 5.41) is 2.48. The zero-order valence-corrected chi connectivity index (χ0v) is 23.9. The van der Waals surface area contributed by atoms with Crippen molar-refractivity contribution in [1.29, 1.82) is 0 Å². The van der Waals surface area contributed by atoms with Gasteiger partial charge in [-0.25, -0.2) is 9.98 Å². The Kier molecular flexibility index (Phi) is 8.51. The van der Waals surface area contributed by atoms with Crippen LogP contribution in [0, 0.1) is 49.0 Å². The maximum atomic E-state index is 5.28. The number of rotatable bonds is 2. The van der Waals surface area contributed by atoms with Gasteiger partial charge in [0.05, 0.1) is 22.8 Å². The van der Waals surface area contributed by atoms with Crippen LogP contribution in [0.15, 0.2) is 70.6 Å². The summed E-state index contributed by atoms with van der Waals surface area (Å²) in [7, 11) is 0. The predicted octanol–water partition coefficient (Wildman–Crippen LogP) is 9.24. The summed E-state index contributed by atoms with van der Waals surface area (Å²) in [6, 6.07) is 21.8. The summed E-state index contributed by atoms with van der Waals surface area (Å²) in [6.45, 7) is 12.9. The van der Waals surface area contributed by atoms with Crippen molar-refractivity contribution in [2.75, 3.05) is 0 Å². The van der Waals surface area contributed by atoms with Crippen LogP contribution in [-0.2, 0) is 13.7 Å². The molecule has 4 heteroatoms. The van der Waals surface area contributed by atoms with Gasteiger partial charge >= 0.3 is 27.9 Å². The van der Waals surface area contributed by atoms with Crippen LogP contribution in [0.4, 0.5) is 11.4 Å². The molecule has 0 spiro atoms. The van der Waals surface area contributed by atoms with Crippen molar-refractivity contribution in [3.63, 3.8) is 0 Å². The van der Waals surface area contributed by atoms with E-state index in [0.29, 0.717) is 0 Å². The van der Waals surface area contributed by atoms with Crippen LogP contribution < -0.4 is 0 Å². The molecule has 35 heavy (non-hydrogen) atoms. The number of nitrogens with zero attached hydrogens (tertiary/aromatic N) is 2. The maximum absolute atomic E-state index is 5.28. The van der Waals surface area contributed by atoms with Crippen molar-refractivity contribution in [3.8, 4) is 0 Å². The SMILES string of the molecule is Cc1cc(C)c(N=C2C(=Nc3c(C)cc(C)cc3C)c3cccc4cccc2c34)c(C)c1.[CH3-].[Ni][Br]. The number of hydrogen-bond donors (Lipinski definition) is 0. The summed E-state index contributed by atoms with van der Waals surface area (Å²) >= 11 is 6.25. The second kappa shape index (κ2) is 11.0. The van der Waals surface area contributed by atoms with Crippen LogP contribution in [0.1, 0.15) is 44.5 Å². The van der Waals surface area contributed by atoms with Crippen molar-refractivity contribution < 1.29 is 13.7 Å². The number of halogens is 1. The van der Waals surface area contributed by atoms with Gasteiger partial charge in [0.15, 0.2) is 0 Å². The second-order valence-electron chi connectivity index (χ2n) is 9.12. The fourth-order valence-corrected chi connectivity index (χ4v) is 5.14. The van der Waals surface area contributed by atoms with E-state index in [1.165, 1.54) is 55.3 Å². The van der Waals surface area contributed by atoms with Gasteiger partial charge in [0.1, 0.15) is 0 Å². The molecular weight excluding hydrogens is 539 g/mol. The molecule has 4 aromatic carbocycles. The molecule has 0 fully saturated rings. The van der Waals surface area contributed by atoms with E-state index in [1.54, 1.807) is 0 Å². The van der Waals surface area contributed by atoms with Crippen molar-refractivity contribution in [2.24, 2.45) is 9.98 Å². The van der Waals surface area contributed by atoms with Crippen LogP contribution in [0.3, 0.4) is 0 Å². The second-order valence-corrected chi connectivity index (χ2v) is 9.12. The van der Waals surface area contributed by atoms with Gasteiger partial charge in [-0.2, -0.15) is 0 Å². The first-order chi connectivity index (χ1) is 16.3. The molecule has 0 saturated heterocycles. The van der Waals surface area contributed by atoms with E-state index in [-0.39, 0.29) is 7.43 Å². The molecule has 0 heterocycles. The van der Waals surface area contributed by atoms with Gasteiger partial charge in [0.2, 0.25) is 0 Å². The van der Waals surface area contributed by atoms with Gasteiger partial charge in [0, 0.05) is 16.5 Å². The van der Waals surface area contributed by atoms with Crippen LogP contribution in [-0.4, -0.2) is 11.4 Å². The number of hydrogen-bond acceptors (Lipinski definition) is 2. The Labute approximate surface area is 224 Å². The number of aliphatic imine (C=N–C) groups is 2. The molecule has 0 aromatic heterocycles. The van der Waals surface area contributed by atoms with Gasteiger partial charge in [-0.1, -0.05) is 71.8 Å². The molecule has 0 unspecified atom stereocenters.